The van der Waals surface area contributed by atoms with Crippen LogP contribution in [0.25, 0.3) is 0 Å². The Labute approximate surface area is 117 Å². The lowest BCUT2D eigenvalue weighted by Gasteiger charge is -2.08. The highest BCUT2D eigenvalue weighted by atomic mass is 35.5. The largest absolute Gasteiger partial charge is 0.466 e. The Morgan fingerprint density at radius 2 is 2.11 bits per heavy atom. The molecule has 1 aromatic carbocycles. The highest BCUT2D eigenvalue weighted by Gasteiger charge is 2.05. The van der Waals surface area contributed by atoms with E-state index in [0.717, 1.165) is 5.56 Å². The van der Waals surface area contributed by atoms with E-state index in [-0.39, 0.29) is 25.0 Å². The average Bonchev–Trinajstić information content (AvgIpc) is 2.34. The first-order valence-electron chi connectivity index (χ1n) is 5.99. The van der Waals surface area contributed by atoms with Gasteiger partial charge in [0.15, 0.2) is 0 Å². The molecule has 5 nitrogen and oxygen atoms in total. The van der Waals surface area contributed by atoms with Crippen molar-refractivity contribution >= 4 is 29.3 Å². The van der Waals surface area contributed by atoms with Crippen molar-refractivity contribution in [2.45, 2.75) is 20.3 Å². The van der Waals surface area contributed by atoms with Gasteiger partial charge in [0.2, 0.25) is 0 Å². The Balaban J connectivity index is 2.35. The molecule has 0 saturated carbocycles. The summed E-state index contributed by atoms with van der Waals surface area (Å²) in [6.07, 6.45) is 0.149. The number of amides is 2. The van der Waals surface area contributed by atoms with Crippen LogP contribution in [0, 0.1) is 6.92 Å². The molecule has 0 aliphatic rings. The maximum absolute atomic E-state index is 11.5. The normalized spacial score (nSPS) is 9.84. The molecule has 6 heteroatoms. The maximum atomic E-state index is 11.5. The van der Waals surface area contributed by atoms with E-state index < -0.39 is 0 Å². The van der Waals surface area contributed by atoms with E-state index in [2.05, 4.69) is 10.6 Å². The van der Waals surface area contributed by atoms with Crippen LogP contribution in [-0.4, -0.2) is 25.2 Å². The molecule has 1 rings (SSSR count). The Kier molecular flexibility index (Phi) is 6.15. The van der Waals surface area contributed by atoms with Gasteiger partial charge in [0, 0.05) is 17.3 Å². The second-order valence-electron chi connectivity index (χ2n) is 3.90. The number of hydrogen-bond donors (Lipinski definition) is 2. The Bertz CT molecular complexity index is 463. The van der Waals surface area contributed by atoms with Crippen molar-refractivity contribution in [2.75, 3.05) is 18.5 Å². The first kappa shape index (κ1) is 15.3. The monoisotopic (exact) mass is 284 g/mol. The number of nitrogens with one attached hydrogen (secondary N) is 2. The van der Waals surface area contributed by atoms with Gasteiger partial charge in [-0.15, -0.1) is 0 Å². The number of anilines is 1. The van der Waals surface area contributed by atoms with E-state index >= 15 is 0 Å². The molecule has 1 aromatic rings. The lowest BCUT2D eigenvalue weighted by atomic mass is 10.2. The van der Waals surface area contributed by atoms with E-state index in [1.165, 1.54) is 0 Å². The minimum Gasteiger partial charge on any atom is -0.466 e. The van der Waals surface area contributed by atoms with Crippen LogP contribution in [0.4, 0.5) is 10.5 Å². The van der Waals surface area contributed by atoms with Gasteiger partial charge < -0.3 is 15.4 Å². The average molecular weight is 285 g/mol. The van der Waals surface area contributed by atoms with E-state index in [9.17, 15) is 9.59 Å². The Hall–Kier alpha value is -1.75. The number of rotatable bonds is 5. The number of aryl methyl sites for hydroxylation is 1. The standard InChI is InChI=1S/C13H17ClN2O3/c1-3-19-12(17)6-7-15-13(18)16-10-5-4-9(2)11(14)8-10/h4-5,8H,3,6-7H2,1-2H3,(H2,15,16,18). The molecule has 0 aliphatic heterocycles. The molecule has 0 aliphatic carbocycles. The molecule has 0 fully saturated rings. The van der Waals surface area contributed by atoms with Crippen molar-refractivity contribution in [3.63, 3.8) is 0 Å². The van der Waals surface area contributed by atoms with E-state index in [4.69, 9.17) is 16.3 Å². The minimum absolute atomic E-state index is 0.149. The van der Waals surface area contributed by atoms with Crippen molar-refractivity contribution < 1.29 is 14.3 Å². The Morgan fingerprint density at radius 1 is 1.37 bits per heavy atom. The molecule has 0 saturated heterocycles. The van der Waals surface area contributed by atoms with Crippen LogP contribution in [0.1, 0.15) is 18.9 Å². The molecule has 0 heterocycles. The van der Waals surface area contributed by atoms with Gasteiger partial charge in [-0.3, -0.25) is 4.79 Å². The summed E-state index contributed by atoms with van der Waals surface area (Å²) in [6.45, 7) is 4.18. The molecular formula is C13H17ClN2O3. The minimum atomic E-state index is -0.385. The number of hydrogen-bond acceptors (Lipinski definition) is 3. The third-order valence-electron chi connectivity index (χ3n) is 2.35. The third-order valence-corrected chi connectivity index (χ3v) is 2.76. The smallest absolute Gasteiger partial charge is 0.319 e. The molecule has 0 bridgehead atoms. The fraction of sp³-hybridized carbons (Fsp3) is 0.385. The quantitative estimate of drug-likeness (QED) is 0.817. The SMILES string of the molecule is CCOC(=O)CCNC(=O)Nc1ccc(C)c(Cl)c1. The summed E-state index contributed by atoms with van der Waals surface area (Å²) < 4.78 is 4.74. The van der Waals surface area contributed by atoms with Crippen LogP contribution in [0.3, 0.4) is 0 Å². The van der Waals surface area contributed by atoms with Gasteiger partial charge in [0.25, 0.3) is 0 Å². The molecule has 0 unspecified atom stereocenters. The van der Waals surface area contributed by atoms with Gasteiger partial charge >= 0.3 is 12.0 Å². The molecule has 0 spiro atoms. The van der Waals surface area contributed by atoms with Crippen LogP contribution in [-0.2, 0) is 9.53 Å². The van der Waals surface area contributed by atoms with Crippen LogP contribution in [0.15, 0.2) is 18.2 Å². The van der Waals surface area contributed by atoms with Gasteiger partial charge in [-0.1, -0.05) is 17.7 Å². The lowest BCUT2D eigenvalue weighted by molar-refractivity contribution is -0.142. The van der Waals surface area contributed by atoms with Crippen molar-refractivity contribution in [3.8, 4) is 0 Å². The van der Waals surface area contributed by atoms with Crippen LogP contribution >= 0.6 is 11.6 Å². The summed E-state index contributed by atoms with van der Waals surface area (Å²) >= 11 is 5.95. The molecular weight excluding hydrogens is 268 g/mol. The zero-order valence-corrected chi connectivity index (χ0v) is 11.7. The first-order valence-corrected chi connectivity index (χ1v) is 6.37. The predicted octanol–water partition coefficient (Wildman–Crippen LogP) is 2.72. The van der Waals surface area contributed by atoms with Gasteiger partial charge in [-0.25, -0.2) is 4.79 Å². The van der Waals surface area contributed by atoms with Crippen LogP contribution in [0.5, 0.6) is 0 Å². The van der Waals surface area contributed by atoms with Gasteiger partial charge in [0.1, 0.15) is 0 Å². The number of esters is 1. The summed E-state index contributed by atoms with van der Waals surface area (Å²) in [4.78, 5) is 22.6. The van der Waals surface area contributed by atoms with Crippen molar-refractivity contribution in [2.24, 2.45) is 0 Å². The van der Waals surface area contributed by atoms with Crippen LogP contribution in [0.2, 0.25) is 5.02 Å². The van der Waals surface area contributed by atoms with Gasteiger partial charge in [-0.05, 0) is 31.5 Å². The zero-order chi connectivity index (χ0) is 14.3. The molecule has 0 aromatic heterocycles. The molecule has 2 amide bonds. The van der Waals surface area contributed by atoms with Crippen molar-refractivity contribution in [3.05, 3.63) is 28.8 Å². The number of urea groups is 1. The molecule has 2 N–H and O–H groups in total. The second-order valence-corrected chi connectivity index (χ2v) is 4.31. The molecule has 0 atom stereocenters. The van der Waals surface area contributed by atoms with Gasteiger partial charge in [-0.2, -0.15) is 0 Å². The summed E-state index contributed by atoms with van der Waals surface area (Å²) in [7, 11) is 0. The van der Waals surface area contributed by atoms with E-state index in [1.54, 1.807) is 19.1 Å². The second kappa shape index (κ2) is 7.63. The number of benzene rings is 1. The number of ether oxygens (including phenoxy) is 1. The van der Waals surface area contributed by atoms with Crippen molar-refractivity contribution in [1.82, 2.24) is 5.32 Å². The number of carbonyl (C=O) groups is 2. The topological polar surface area (TPSA) is 67.4 Å². The first-order chi connectivity index (χ1) is 9.02. The molecule has 104 valence electrons. The van der Waals surface area contributed by atoms with Crippen LogP contribution < -0.4 is 10.6 Å². The summed E-state index contributed by atoms with van der Waals surface area (Å²) in [5.41, 5.74) is 1.54. The highest BCUT2D eigenvalue weighted by molar-refractivity contribution is 6.31. The number of halogens is 1. The lowest BCUT2D eigenvalue weighted by Crippen LogP contribution is -2.30. The Morgan fingerprint density at radius 3 is 2.74 bits per heavy atom. The summed E-state index contributed by atoms with van der Waals surface area (Å²) in [5, 5.41) is 5.78. The summed E-state index contributed by atoms with van der Waals surface area (Å²) in [6, 6.07) is 4.86. The van der Waals surface area contributed by atoms with Gasteiger partial charge in [0.05, 0.1) is 13.0 Å². The third kappa shape index (κ3) is 5.61. The molecule has 19 heavy (non-hydrogen) atoms. The predicted molar refractivity (Wildman–Crippen MR) is 74.5 cm³/mol. The van der Waals surface area contributed by atoms with E-state index in [0.29, 0.717) is 17.3 Å². The highest BCUT2D eigenvalue weighted by Crippen LogP contribution is 2.19. The summed E-state index contributed by atoms with van der Waals surface area (Å²) in [5.74, 6) is -0.332. The fourth-order valence-electron chi connectivity index (χ4n) is 1.36. The van der Waals surface area contributed by atoms with E-state index in [1.807, 2.05) is 13.0 Å². The number of carbonyl (C=O) groups excluding carboxylic acids is 2. The van der Waals surface area contributed by atoms with Crippen molar-refractivity contribution in [1.29, 1.82) is 0 Å². The maximum Gasteiger partial charge on any atom is 0.319 e. The fourth-order valence-corrected chi connectivity index (χ4v) is 1.54. The molecule has 0 radical (unpaired) electrons. The zero-order valence-electron chi connectivity index (χ0n) is 11.0.